The normalized spacial score (nSPS) is 19.1. The fraction of sp³-hybridized carbons (Fsp3) is 0.308. The summed E-state index contributed by atoms with van der Waals surface area (Å²) in [6, 6.07) is 6.04. The third-order valence-corrected chi connectivity index (χ3v) is 2.72. The molecular weight excluding hydrogens is 240 g/mol. The van der Waals surface area contributed by atoms with Crippen LogP contribution in [0.5, 0.6) is 5.75 Å². The number of anilines is 1. The molecule has 0 spiro atoms. The van der Waals surface area contributed by atoms with E-state index in [9.17, 15) is 13.6 Å². The molecule has 18 heavy (non-hydrogen) atoms. The van der Waals surface area contributed by atoms with Crippen LogP contribution >= 0.6 is 0 Å². The average molecular weight is 251 g/mol. The Kier molecular flexibility index (Phi) is 3.47. The second-order valence-corrected chi connectivity index (χ2v) is 3.95. The molecule has 1 heterocycles. The fourth-order valence-corrected chi connectivity index (χ4v) is 1.90. The number of rotatable bonds is 3. The molecule has 94 valence electrons. The minimum absolute atomic E-state index is 0.0273. The summed E-state index contributed by atoms with van der Waals surface area (Å²) in [6.07, 6.45) is 5.57. The van der Waals surface area contributed by atoms with E-state index in [0.717, 1.165) is 0 Å². The maximum atomic E-state index is 12.1. The van der Waals surface area contributed by atoms with Crippen molar-refractivity contribution >= 4 is 11.6 Å². The van der Waals surface area contributed by atoms with Crippen LogP contribution in [0.1, 0.15) is 6.42 Å². The summed E-state index contributed by atoms with van der Waals surface area (Å²) in [5, 5.41) is 0. The van der Waals surface area contributed by atoms with Gasteiger partial charge in [0.05, 0.1) is 0 Å². The Morgan fingerprint density at radius 2 is 2.28 bits per heavy atom. The van der Waals surface area contributed by atoms with E-state index in [1.54, 1.807) is 12.1 Å². The van der Waals surface area contributed by atoms with Gasteiger partial charge < -0.3 is 9.64 Å². The van der Waals surface area contributed by atoms with E-state index in [4.69, 9.17) is 6.42 Å². The van der Waals surface area contributed by atoms with Crippen LogP contribution in [-0.4, -0.2) is 19.1 Å². The van der Waals surface area contributed by atoms with Crippen molar-refractivity contribution in [3.05, 3.63) is 24.3 Å². The summed E-state index contributed by atoms with van der Waals surface area (Å²) in [6.45, 7) is -2.47. The van der Waals surface area contributed by atoms with Crippen LogP contribution in [0.4, 0.5) is 14.5 Å². The highest BCUT2D eigenvalue weighted by Gasteiger charge is 2.29. The van der Waals surface area contributed by atoms with Gasteiger partial charge in [-0.3, -0.25) is 4.79 Å². The molecule has 1 saturated heterocycles. The Hall–Kier alpha value is -2.09. The number of amides is 1. The van der Waals surface area contributed by atoms with Crippen molar-refractivity contribution in [1.29, 1.82) is 0 Å². The minimum atomic E-state index is -2.88. The van der Waals surface area contributed by atoms with E-state index >= 15 is 0 Å². The molecule has 5 heteroatoms. The van der Waals surface area contributed by atoms with Crippen molar-refractivity contribution in [1.82, 2.24) is 0 Å². The molecule has 1 aliphatic heterocycles. The van der Waals surface area contributed by atoms with E-state index in [1.807, 2.05) is 0 Å². The van der Waals surface area contributed by atoms with Gasteiger partial charge in [0.25, 0.3) is 0 Å². The van der Waals surface area contributed by atoms with E-state index in [-0.39, 0.29) is 24.0 Å². The number of benzene rings is 1. The predicted octanol–water partition coefficient (Wildman–Crippen LogP) is 2.27. The van der Waals surface area contributed by atoms with Crippen molar-refractivity contribution in [2.45, 2.75) is 13.0 Å². The first-order valence-electron chi connectivity index (χ1n) is 5.41. The van der Waals surface area contributed by atoms with Gasteiger partial charge in [-0.2, -0.15) is 8.78 Å². The number of hydrogen-bond donors (Lipinski definition) is 0. The highest BCUT2D eigenvalue weighted by molar-refractivity contribution is 5.96. The third-order valence-electron chi connectivity index (χ3n) is 2.72. The van der Waals surface area contributed by atoms with Crippen LogP contribution in [0.25, 0.3) is 0 Å². The van der Waals surface area contributed by atoms with Gasteiger partial charge in [0.2, 0.25) is 5.91 Å². The van der Waals surface area contributed by atoms with Crippen molar-refractivity contribution < 1.29 is 18.3 Å². The number of ether oxygens (including phenoxy) is 1. The van der Waals surface area contributed by atoms with Gasteiger partial charge in [0, 0.05) is 30.6 Å². The standard InChI is InChI=1S/C13H11F2NO2/c1-2-9-6-12(17)16(8-9)10-4-3-5-11(7-10)18-13(14)15/h1,3-5,7,9,13H,6,8H2. The quantitative estimate of drug-likeness (QED) is 0.771. The zero-order valence-electron chi connectivity index (χ0n) is 9.48. The minimum Gasteiger partial charge on any atom is -0.435 e. The summed E-state index contributed by atoms with van der Waals surface area (Å²) in [7, 11) is 0. The zero-order valence-corrected chi connectivity index (χ0v) is 9.48. The van der Waals surface area contributed by atoms with E-state index in [0.29, 0.717) is 12.2 Å². The Morgan fingerprint density at radius 3 is 2.89 bits per heavy atom. The Bertz CT molecular complexity index is 496. The first-order valence-corrected chi connectivity index (χ1v) is 5.41. The van der Waals surface area contributed by atoms with Crippen molar-refractivity contribution in [3.63, 3.8) is 0 Å². The molecule has 0 saturated carbocycles. The van der Waals surface area contributed by atoms with Crippen LogP contribution < -0.4 is 9.64 Å². The molecule has 1 aliphatic rings. The van der Waals surface area contributed by atoms with Gasteiger partial charge in [0.15, 0.2) is 0 Å². The molecule has 3 nitrogen and oxygen atoms in total. The maximum Gasteiger partial charge on any atom is 0.387 e. The topological polar surface area (TPSA) is 29.5 Å². The molecule has 0 N–H and O–H groups in total. The first-order chi connectivity index (χ1) is 8.60. The van der Waals surface area contributed by atoms with Crippen LogP contribution in [-0.2, 0) is 4.79 Å². The van der Waals surface area contributed by atoms with Gasteiger partial charge in [0.1, 0.15) is 5.75 Å². The lowest BCUT2D eigenvalue weighted by molar-refractivity contribution is -0.117. The molecule has 0 aromatic heterocycles. The number of hydrogen-bond acceptors (Lipinski definition) is 2. The smallest absolute Gasteiger partial charge is 0.387 e. The van der Waals surface area contributed by atoms with Gasteiger partial charge in [-0.15, -0.1) is 12.3 Å². The summed E-state index contributed by atoms with van der Waals surface area (Å²) in [5.41, 5.74) is 0.524. The van der Waals surface area contributed by atoms with E-state index < -0.39 is 6.61 Å². The SMILES string of the molecule is C#CC1CC(=O)N(c2cccc(OC(F)F)c2)C1. The highest BCUT2D eigenvalue weighted by Crippen LogP contribution is 2.28. The summed E-state index contributed by atoms with van der Waals surface area (Å²) < 4.78 is 28.5. The third kappa shape index (κ3) is 2.59. The average Bonchev–Trinajstić information content (AvgIpc) is 2.70. The molecule has 0 aliphatic carbocycles. The number of nitrogens with zero attached hydrogens (tertiary/aromatic N) is 1. The maximum absolute atomic E-state index is 12.1. The zero-order chi connectivity index (χ0) is 13.1. The van der Waals surface area contributed by atoms with Gasteiger partial charge >= 0.3 is 6.61 Å². The molecule has 1 unspecified atom stereocenters. The Morgan fingerprint density at radius 1 is 1.50 bits per heavy atom. The first kappa shape index (κ1) is 12.4. The molecule has 0 bridgehead atoms. The highest BCUT2D eigenvalue weighted by atomic mass is 19.3. The summed E-state index contributed by atoms with van der Waals surface area (Å²) in [5.74, 6) is 2.32. The molecule has 1 amide bonds. The predicted molar refractivity (Wildman–Crippen MR) is 62.4 cm³/mol. The van der Waals surface area contributed by atoms with E-state index in [2.05, 4.69) is 10.7 Å². The lowest BCUT2D eigenvalue weighted by Crippen LogP contribution is -2.24. The monoisotopic (exact) mass is 251 g/mol. The molecule has 1 atom stereocenters. The van der Waals surface area contributed by atoms with E-state index in [1.165, 1.54) is 17.0 Å². The largest absolute Gasteiger partial charge is 0.435 e. The second-order valence-electron chi connectivity index (χ2n) is 3.95. The number of alkyl halides is 2. The molecule has 1 aromatic carbocycles. The number of carbonyl (C=O) groups excluding carboxylic acids is 1. The Balaban J connectivity index is 2.19. The van der Waals surface area contributed by atoms with Crippen LogP contribution in [0.15, 0.2) is 24.3 Å². The number of carbonyl (C=O) groups is 1. The fourth-order valence-electron chi connectivity index (χ4n) is 1.90. The van der Waals surface area contributed by atoms with Crippen molar-refractivity contribution in [2.75, 3.05) is 11.4 Å². The molecule has 2 rings (SSSR count). The molecular formula is C13H11F2NO2. The van der Waals surface area contributed by atoms with Crippen LogP contribution in [0.2, 0.25) is 0 Å². The summed E-state index contributed by atoms with van der Waals surface area (Å²) >= 11 is 0. The molecule has 1 aromatic rings. The molecule has 1 fully saturated rings. The number of terminal acetylenes is 1. The van der Waals surface area contributed by atoms with Crippen molar-refractivity contribution in [3.8, 4) is 18.1 Å². The van der Waals surface area contributed by atoms with Crippen LogP contribution in [0, 0.1) is 18.3 Å². The Labute approximate surface area is 103 Å². The second kappa shape index (κ2) is 5.05. The van der Waals surface area contributed by atoms with Gasteiger partial charge in [-0.25, -0.2) is 0 Å². The van der Waals surface area contributed by atoms with Gasteiger partial charge in [-0.05, 0) is 12.1 Å². The van der Waals surface area contributed by atoms with Crippen LogP contribution in [0.3, 0.4) is 0 Å². The lowest BCUT2D eigenvalue weighted by Gasteiger charge is -2.16. The number of halogens is 2. The lowest BCUT2D eigenvalue weighted by atomic mass is 10.1. The molecule has 0 radical (unpaired) electrons. The van der Waals surface area contributed by atoms with Gasteiger partial charge in [-0.1, -0.05) is 6.07 Å². The van der Waals surface area contributed by atoms with Crippen molar-refractivity contribution in [2.24, 2.45) is 5.92 Å². The summed E-state index contributed by atoms with van der Waals surface area (Å²) in [4.78, 5) is 13.2.